The number of thiocarbonyl (C=S) groups is 1. The molecule has 0 aromatic heterocycles. The van der Waals surface area contributed by atoms with Crippen LogP contribution in [0.5, 0.6) is 5.75 Å². The van der Waals surface area contributed by atoms with Crippen molar-refractivity contribution in [3.05, 3.63) is 65.7 Å². The Kier molecular flexibility index (Phi) is 5.29. The van der Waals surface area contributed by atoms with Crippen LogP contribution in [0, 0.1) is 0 Å². The Morgan fingerprint density at radius 2 is 1.81 bits per heavy atom. The molecule has 2 aromatic carbocycles. The molecule has 0 aliphatic heterocycles. The van der Waals surface area contributed by atoms with Gasteiger partial charge in [0.15, 0.2) is 5.11 Å². The van der Waals surface area contributed by atoms with Crippen LogP contribution in [0.25, 0.3) is 0 Å². The summed E-state index contributed by atoms with van der Waals surface area (Å²) in [5.74, 6) is 0.180. The molecule has 21 heavy (non-hydrogen) atoms. The Morgan fingerprint density at radius 3 is 2.52 bits per heavy atom. The van der Waals surface area contributed by atoms with E-state index in [9.17, 15) is 5.11 Å². The Balaban J connectivity index is 1.87. The van der Waals surface area contributed by atoms with Gasteiger partial charge in [-0.3, -0.25) is 5.43 Å². The number of phenols is 1. The Labute approximate surface area is 129 Å². The van der Waals surface area contributed by atoms with Gasteiger partial charge >= 0.3 is 0 Å². The molecule has 0 fully saturated rings. The fourth-order valence-corrected chi connectivity index (χ4v) is 2.04. The number of nitrogens with zero attached hydrogens (tertiary/aromatic N) is 1. The van der Waals surface area contributed by atoms with Crippen molar-refractivity contribution in [2.45, 2.75) is 13.0 Å². The monoisotopic (exact) mass is 299 g/mol. The number of rotatable bonds is 4. The van der Waals surface area contributed by atoms with E-state index in [4.69, 9.17) is 12.2 Å². The zero-order valence-corrected chi connectivity index (χ0v) is 12.5. The fourth-order valence-electron chi connectivity index (χ4n) is 1.81. The molecule has 0 aliphatic carbocycles. The van der Waals surface area contributed by atoms with Gasteiger partial charge in [-0.25, -0.2) is 0 Å². The zero-order valence-electron chi connectivity index (χ0n) is 11.7. The molecule has 2 rings (SSSR count). The van der Waals surface area contributed by atoms with E-state index in [1.54, 1.807) is 18.2 Å². The molecule has 0 saturated heterocycles. The molecule has 0 spiro atoms. The lowest BCUT2D eigenvalue weighted by Gasteiger charge is -2.15. The Bertz CT molecular complexity index is 628. The average Bonchev–Trinajstić information content (AvgIpc) is 2.50. The normalized spacial score (nSPS) is 12.0. The summed E-state index contributed by atoms with van der Waals surface area (Å²) in [4.78, 5) is 0. The highest BCUT2D eigenvalue weighted by Gasteiger charge is 2.05. The van der Waals surface area contributed by atoms with Crippen molar-refractivity contribution < 1.29 is 5.11 Å². The summed E-state index contributed by atoms with van der Waals surface area (Å²) in [6, 6.07) is 17.1. The molecule has 0 amide bonds. The lowest BCUT2D eigenvalue weighted by molar-refractivity contribution is 0.474. The first-order valence-corrected chi connectivity index (χ1v) is 7.00. The third-order valence-electron chi connectivity index (χ3n) is 2.95. The van der Waals surface area contributed by atoms with E-state index in [1.165, 1.54) is 6.21 Å². The second-order valence-electron chi connectivity index (χ2n) is 4.53. The summed E-state index contributed by atoms with van der Waals surface area (Å²) < 4.78 is 0. The number of benzene rings is 2. The highest BCUT2D eigenvalue weighted by molar-refractivity contribution is 7.80. The summed E-state index contributed by atoms with van der Waals surface area (Å²) in [5.41, 5.74) is 4.51. The predicted molar refractivity (Wildman–Crippen MR) is 89.4 cm³/mol. The summed E-state index contributed by atoms with van der Waals surface area (Å²) in [7, 11) is 0. The molecular weight excluding hydrogens is 282 g/mol. The molecule has 4 nitrogen and oxygen atoms in total. The smallest absolute Gasteiger partial charge is 0.187 e. The number of hydrazone groups is 1. The predicted octanol–water partition coefficient (Wildman–Crippen LogP) is 2.95. The molecule has 0 saturated carbocycles. The minimum atomic E-state index is 0.0894. The van der Waals surface area contributed by atoms with Crippen molar-refractivity contribution in [2.24, 2.45) is 5.10 Å². The van der Waals surface area contributed by atoms with Crippen LogP contribution in [0.4, 0.5) is 0 Å². The van der Waals surface area contributed by atoms with Crippen LogP contribution in [0.2, 0.25) is 0 Å². The third-order valence-corrected chi connectivity index (χ3v) is 3.16. The van der Waals surface area contributed by atoms with Crippen molar-refractivity contribution in [1.82, 2.24) is 10.7 Å². The topological polar surface area (TPSA) is 56.7 Å². The first-order chi connectivity index (χ1) is 10.2. The van der Waals surface area contributed by atoms with Gasteiger partial charge in [0, 0.05) is 5.56 Å². The van der Waals surface area contributed by atoms with Gasteiger partial charge < -0.3 is 10.4 Å². The maximum absolute atomic E-state index is 9.60. The van der Waals surface area contributed by atoms with E-state index in [-0.39, 0.29) is 11.8 Å². The number of hydrogen-bond acceptors (Lipinski definition) is 3. The highest BCUT2D eigenvalue weighted by atomic mass is 32.1. The van der Waals surface area contributed by atoms with E-state index < -0.39 is 0 Å². The summed E-state index contributed by atoms with van der Waals surface area (Å²) in [6.07, 6.45) is 1.52. The van der Waals surface area contributed by atoms with E-state index >= 15 is 0 Å². The summed E-state index contributed by atoms with van der Waals surface area (Å²) >= 11 is 5.18. The van der Waals surface area contributed by atoms with Gasteiger partial charge in [-0.05, 0) is 36.8 Å². The number of hydrogen-bond donors (Lipinski definition) is 3. The molecule has 2 aromatic rings. The minimum absolute atomic E-state index is 0.0894. The van der Waals surface area contributed by atoms with Gasteiger partial charge in [0.25, 0.3) is 0 Å². The van der Waals surface area contributed by atoms with Crippen LogP contribution < -0.4 is 10.7 Å². The van der Waals surface area contributed by atoms with Gasteiger partial charge in [0.05, 0.1) is 12.3 Å². The van der Waals surface area contributed by atoms with Crippen LogP contribution in [0.3, 0.4) is 0 Å². The molecule has 0 radical (unpaired) electrons. The average molecular weight is 299 g/mol. The van der Waals surface area contributed by atoms with Gasteiger partial charge in [0.1, 0.15) is 5.75 Å². The first kappa shape index (κ1) is 15.0. The maximum atomic E-state index is 9.60. The fraction of sp³-hybridized carbons (Fsp3) is 0.125. The van der Waals surface area contributed by atoms with Crippen LogP contribution in [-0.2, 0) is 0 Å². The van der Waals surface area contributed by atoms with Crippen molar-refractivity contribution in [3.8, 4) is 5.75 Å². The van der Waals surface area contributed by atoms with E-state index in [1.807, 2.05) is 43.3 Å². The van der Waals surface area contributed by atoms with Crippen molar-refractivity contribution >= 4 is 23.5 Å². The SMILES string of the molecule is C[C@H](NC(=S)N/N=C/c1ccccc1O)c1ccccc1. The Morgan fingerprint density at radius 1 is 1.14 bits per heavy atom. The number of para-hydroxylation sites is 1. The molecule has 0 aliphatic rings. The van der Waals surface area contributed by atoms with E-state index in [2.05, 4.69) is 15.8 Å². The molecule has 5 heteroatoms. The molecular formula is C16H17N3OS. The van der Waals surface area contributed by atoms with Gasteiger partial charge in [-0.2, -0.15) is 5.10 Å². The van der Waals surface area contributed by atoms with E-state index in [0.717, 1.165) is 5.56 Å². The quantitative estimate of drug-likeness (QED) is 0.461. The van der Waals surface area contributed by atoms with Crippen molar-refractivity contribution in [2.75, 3.05) is 0 Å². The van der Waals surface area contributed by atoms with Gasteiger partial charge in [-0.15, -0.1) is 0 Å². The van der Waals surface area contributed by atoms with Gasteiger partial charge in [0.2, 0.25) is 0 Å². The zero-order chi connectivity index (χ0) is 15.1. The maximum Gasteiger partial charge on any atom is 0.187 e. The lowest BCUT2D eigenvalue weighted by atomic mass is 10.1. The van der Waals surface area contributed by atoms with Gasteiger partial charge in [-0.1, -0.05) is 42.5 Å². The molecule has 0 unspecified atom stereocenters. The largest absolute Gasteiger partial charge is 0.507 e. The summed E-state index contributed by atoms with van der Waals surface area (Å²) in [6.45, 7) is 2.02. The molecule has 108 valence electrons. The van der Waals surface area contributed by atoms with Crippen molar-refractivity contribution in [3.63, 3.8) is 0 Å². The molecule has 3 N–H and O–H groups in total. The van der Waals surface area contributed by atoms with Crippen molar-refractivity contribution in [1.29, 1.82) is 0 Å². The lowest BCUT2D eigenvalue weighted by Crippen LogP contribution is -2.34. The first-order valence-electron chi connectivity index (χ1n) is 6.59. The van der Waals surface area contributed by atoms with Crippen LogP contribution in [-0.4, -0.2) is 16.4 Å². The third kappa shape index (κ3) is 4.57. The summed E-state index contributed by atoms with van der Waals surface area (Å²) in [5, 5.41) is 17.2. The Hall–Kier alpha value is -2.40. The number of nitrogens with one attached hydrogen (secondary N) is 2. The molecule has 0 heterocycles. The standard InChI is InChI=1S/C16H17N3OS/c1-12(13-7-3-2-4-8-13)18-16(21)19-17-11-14-9-5-6-10-15(14)20/h2-12,20H,1H3,(H2,18,19,21)/b17-11+/t12-/m0/s1. The number of aromatic hydroxyl groups is 1. The van der Waals surface area contributed by atoms with Crippen LogP contribution in [0.1, 0.15) is 24.1 Å². The van der Waals surface area contributed by atoms with E-state index in [0.29, 0.717) is 10.7 Å². The minimum Gasteiger partial charge on any atom is -0.507 e. The highest BCUT2D eigenvalue weighted by Crippen LogP contribution is 2.12. The van der Waals surface area contributed by atoms with Crippen LogP contribution >= 0.6 is 12.2 Å². The second kappa shape index (κ2) is 7.40. The second-order valence-corrected chi connectivity index (χ2v) is 4.94. The molecule has 0 bridgehead atoms. The number of phenolic OH excluding ortho intramolecular Hbond substituents is 1. The van der Waals surface area contributed by atoms with Crippen LogP contribution in [0.15, 0.2) is 59.7 Å². The molecule has 1 atom stereocenters.